The summed E-state index contributed by atoms with van der Waals surface area (Å²) in [6.45, 7) is 4.52. The van der Waals surface area contributed by atoms with E-state index in [1.165, 1.54) is 17.4 Å². The summed E-state index contributed by atoms with van der Waals surface area (Å²) in [6.07, 6.45) is 6.61. The first-order valence-corrected chi connectivity index (χ1v) is 11.2. The lowest BCUT2D eigenvalue weighted by molar-refractivity contribution is -0.111. The molecule has 1 amide bonds. The standard InChI is InChI=1S/C22H23Cl2NO3S/c1-3-10-28-22(27)20-15-7-4-13(2)11-18(15)29-21(20)25-19(26)9-6-14-5-8-16(23)17(24)12-14/h5-6,8-9,12-13H,3-4,7,10-11H2,1-2H3,(H,25,26). The van der Waals surface area contributed by atoms with Gasteiger partial charge in [0, 0.05) is 11.0 Å². The molecule has 0 saturated heterocycles. The lowest BCUT2D eigenvalue weighted by Crippen LogP contribution is -2.16. The molecule has 0 radical (unpaired) electrons. The van der Waals surface area contributed by atoms with Crippen molar-refractivity contribution in [2.75, 3.05) is 11.9 Å². The van der Waals surface area contributed by atoms with Gasteiger partial charge in [-0.3, -0.25) is 4.79 Å². The first-order valence-electron chi connectivity index (χ1n) is 9.64. The summed E-state index contributed by atoms with van der Waals surface area (Å²) in [4.78, 5) is 26.3. The van der Waals surface area contributed by atoms with E-state index in [1.54, 1.807) is 24.3 Å². The zero-order valence-corrected chi connectivity index (χ0v) is 18.7. The van der Waals surface area contributed by atoms with Crippen LogP contribution in [0.5, 0.6) is 0 Å². The lowest BCUT2D eigenvalue weighted by Gasteiger charge is -2.18. The molecule has 0 bridgehead atoms. The molecule has 1 unspecified atom stereocenters. The maximum absolute atomic E-state index is 12.7. The third-order valence-electron chi connectivity index (χ3n) is 4.76. The van der Waals surface area contributed by atoms with E-state index in [0.717, 1.165) is 41.7 Å². The molecule has 0 fully saturated rings. The van der Waals surface area contributed by atoms with Crippen LogP contribution in [0.15, 0.2) is 24.3 Å². The van der Waals surface area contributed by atoms with Gasteiger partial charge in [-0.15, -0.1) is 11.3 Å². The fraction of sp³-hybridized carbons (Fsp3) is 0.364. The van der Waals surface area contributed by atoms with Crippen LogP contribution < -0.4 is 5.32 Å². The molecule has 1 aromatic heterocycles. The van der Waals surface area contributed by atoms with E-state index in [-0.39, 0.29) is 11.9 Å². The van der Waals surface area contributed by atoms with Crippen LogP contribution >= 0.6 is 34.5 Å². The molecule has 1 N–H and O–H groups in total. The average Bonchev–Trinajstić information content (AvgIpc) is 3.03. The predicted octanol–water partition coefficient (Wildman–Crippen LogP) is 6.40. The van der Waals surface area contributed by atoms with Gasteiger partial charge in [0.1, 0.15) is 5.00 Å². The summed E-state index contributed by atoms with van der Waals surface area (Å²) >= 11 is 13.4. The topological polar surface area (TPSA) is 55.4 Å². The number of thiophene rings is 1. The van der Waals surface area contributed by atoms with Gasteiger partial charge in [-0.1, -0.05) is 43.1 Å². The van der Waals surface area contributed by atoms with Gasteiger partial charge < -0.3 is 10.1 Å². The van der Waals surface area contributed by atoms with Crippen LogP contribution in [-0.4, -0.2) is 18.5 Å². The number of carbonyl (C=O) groups is 2. The predicted molar refractivity (Wildman–Crippen MR) is 120 cm³/mol. The Morgan fingerprint density at radius 3 is 2.83 bits per heavy atom. The Kier molecular flexibility index (Phi) is 7.38. The number of amides is 1. The molecule has 1 aliphatic rings. The second-order valence-corrected chi connectivity index (χ2v) is 9.11. The van der Waals surface area contributed by atoms with Gasteiger partial charge in [0.15, 0.2) is 0 Å². The van der Waals surface area contributed by atoms with Crippen molar-refractivity contribution in [2.45, 2.75) is 39.5 Å². The van der Waals surface area contributed by atoms with E-state index in [4.69, 9.17) is 27.9 Å². The minimum atomic E-state index is -0.359. The highest BCUT2D eigenvalue weighted by molar-refractivity contribution is 7.17. The Morgan fingerprint density at radius 2 is 2.10 bits per heavy atom. The number of anilines is 1. The first kappa shape index (κ1) is 21.9. The summed E-state index contributed by atoms with van der Waals surface area (Å²) < 4.78 is 5.38. The van der Waals surface area contributed by atoms with Crippen LogP contribution in [0.2, 0.25) is 10.0 Å². The number of hydrogen-bond donors (Lipinski definition) is 1. The third-order valence-corrected chi connectivity index (χ3v) is 6.67. The molecule has 2 aromatic rings. The highest BCUT2D eigenvalue weighted by atomic mass is 35.5. The molecular formula is C22H23Cl2NO3S. The van der Waals surface area contributed by atoms with E-state index >= 15 is 0 Å². The molecule has 4 nitrogen and oxygen atoms in total. The zero-order chi connectivity index (χ0) is 21.0. The van der Waals surface area contributed by atoms with Crippen LogP contribution in [0.4, 0.5) is 5.00 Å². The smallest absolute Gasteiger partial charge is 0.341 e. The van der Waals surface area contributed by atoms with Crippen molar-refractivity contribution in [2.24, 2.45) is 5.92 Å². The van der Waals surface area contributed by atoms with Gasteiger partial charge in [0.05, 0.1) is 22.2 Å². The molecule has 7 heteroatoms. The number of fused-ring (bicyclic) bond motifs is 1. The van der Waals surface area contributed by atoms with Crippen LogP contribution in [0.3, 0.4) is 0 Å². The summed E-state index contributed by atoms with van der Waals surface area (Å²) in [5, 5.41) is 4.32. The lowest BCUT2D eigenvalue weighted by atomic mass is 9.88. The molecule has 3 rings (SSSR count). The molecular weight excluding hydrogens is 429 g/mol. The fourth-order valence-corrected chi connectivity index (χ4v) is 4.97. The summed E-state index contributed by atoms with van der Waals surface area (Å²) in [5.74, 6) is -0.103. The van der Waals surface area contributed by atoms with Crippen LogP contribution in [0.25, 0.3) is 6.08 Å². The maximum atomic E-state index is 12.7. The molecule has 0 aliphatic heterocycles. The Labute approximate surface area is 184 Å². The summed E-state index contributed by atoms with van der Waals surface area (Å²) in [6, 6.07) is 5.14. The van der Waals surface area contributed by atoms with E-state index in [9.17, 15) is 9.59 Å². The van der Waals surface area contributed by atoms with E-state index in [2.05, 4.69) is 12.2 Å². The quantitative estimate of drug-likeness (QED) is 0.408. The molecule has 1 atom stereocenters. The van der Waals surface area contributed by atoms with E-state index < -0.39 is 0 Å². The van der Waals surface area contributed by atoms with Crippen LogP contribution in [0.1, 0.15) is 53.1 Å². The molecule has 0 spiro atoms. The number of ether oxygens (including phenoxy) is 1. The minimum absolute atomic E-state index is 0.313. The molecule has 29 heavy (non-hydrogen) atoms. The van der Waals surface area contributed by atoms with Gasteiger partial charge in [-0.05, 0) is 60.9 Å². The SMILES string of the molecule is CCCOC(=O)c1c(NC(=O)C=Cc2ccc(Cl)c(Cl)c2)sc2c1CCC(C)C2. The van der Waals surface area contributed by atoms with Gasteiger partial charge in [-0.25, -0.2) is 4.79 Å². The van der Waals surface area contributed by atoms with E-state index in [0.29, 0.717) is 33.1 Å². The second kappa shape index (κ2) is 9.79. The van der Waals surface area contributed by atoms with Crippen LogP contribution in [-0.2, 0) is 22.4 Å². The molecule has 0 saturated carbocycles. The minimum Gasteiger partial charge on any atom is -0.462 e. The van der Waals surface area contributed by atoms with Crippen molar-refractivity contribution in [1.82, 2.24) is 0 Å². The first-order chi connectivity index (χ1) is 13.9. The second-order valence-electron chi connectivity index (χ2n) is 7.19. The molecule has 1 aliphatic carbocycles. The van der Waals surface area contributed by atoms with Crippen molar-refractivity contribution < 1.29 is 14.3 Å². The number of carbonyl (C=O) groups excluding carboxylic acids is 2. The Bertz CT molecular complexity index is 952. The highest BCUT2D eigenvalue weighted by Gasteiger charge is 2.29. The largest absolute Gasteiger partial charge is 0.462 e. The number of nitrogens with one attached hydrogen (secondary N) is 1. The Balaban J connectivity index is 1.81. The molecule has 154 valence electrons. The Morgan fingerprint density at radius 1 is 1.31 bits per heavy atom. The monoisotopic (exact) mass is 451 g/mol. The van der Waals surface area contributed by atoms with E-state index in [1.807, 2.05) is 6.92 Å². The average molecular weight is 452 g/mol. The van der Waals surface area contributed by atoms with Gasteiger partial charge in [0.25, 0.3) is 0 Å². The number of rotatable bonds is 6. The number of hydrogen-bond acceptors (Lipinski definition) is 4. The van der Waals surface area contributed by atoms with Gasteiger partial charge in [0.2, 0.25) is 5.91 Å². The number of benzene rings is 1. The van der Waals surface area contributed by atoms with Crippen molar-refractivity contribution in [3.8, 4) is 0 Å². The zero-order valence-electron chi connectivity index (χ0n) is 16.4. The Hall–Kier alpha value is -1.82. The molecule has 1 heterocycles. The van der Waals surface area contributed by atoms with Gasteiger partial charge in [-0.2, -0.15) is 0 Å². The van der Waals surface area contributed by atoms with Crippen LogP contribution in [0, 0.1) is 5.92 Å². The van der Waals surface area contributed by atoms with Crippen molar-refractivity contribution in [3.05, 3.63) is 55.9 Å². The van der Waals surface area contributed by atoms with Crippen molar-refractivity contribution in [1.29, 1.82) is 0 Å². The normalized spacial score (nSPS) is 15.9. The highest BCUT2D eigenvalue weighted by Crippen LogP contribution is 2.40. The van der Waals surface area contributed by atoms with Crippen molar-refractivity contribution >= 4 is 57.5 Å². The summed E-state index contributed by atoms with van der Waals surface area (Å²) in [7, 11) is 0. The molecule has 1 aromatic carbocycles. The van der Waals surface area contributed by atoms with Gasteiger partial charge >= 0.3 is 5.97 Å². The maximum Gasteiger partial charge on any atom is 0.341 e. The third kappa shape index (κ3) is 5.41. The summed E-state index contributed by atoms with van der Waals surface area (Å²) in [5.41, 5.74) is 2.30. The fourth-order valence-electron chi connectivity index (χ4n) is 3.26. The van der Waals surface area contributed by atoms with Crippen molar-refractivity contribution in [3.63, 3.8) is 0 Å². The number of esters is 1. The number of halogens is 2.